The van der Waals surface area contributed by atoms with Crippen LogP contribution in [0.2, 0.25) is 0 Å². The number of allylic oxidation sites excluding steroid dienone is 1. The summed E-state index contributed by atoms with van der Waals surface area (Å²) in [6.07, 6.45) is 1.52. The van der Waals surface area contributed by atoms with Crippen LogP contribution in [0.15, 0.2) is 60.1 Å². The normalized spacial score (nSPS) is 10.9. The van der Waals surface area contributed by atoms with E-state index in [9.17, 15) is 20.2 Å². The first-order valence-electron chi connectivity index (χ1n) is 8.86. The fourth-order valence-electron chi connectivity index (χ4n) is 2.52. The van der Waals surface area contributed by atoms with E-state index in [1.165, 1.54) is 29.7 Å². The zero-order valence-electron chi connectivity index (χ0n) is 15.9. The van der Waals surface area contributed by atoms with E-state index < -0.39 is 10.9 Å². The number of ether oxygens (including phenoxy) is 1. The van der Waals surface area contributed by atoms with Crippen LogP contribution in [-0.4, -0.2) is 22.5 Å². The zero-order chi connectivity index (χ0) is 21.5. The maximum Gasteiger partial charge on any atom is 0.338 e. The number of nitrogens with zero attached hydrogens (tertiary/aromatic N) is 3. The first kappa shape index (κ1) is 20.7. The number of aromatic nitrogens is 1. The summed E-state index contributed by atoms with van der Waals surface area (Å²) in [5, 5.41) is 25.7. The molecule has 3 rings (SSSR count). The van der Waals surface area contributed by atoms with Crippen LogP contribution >= 0.6 is 11.3 Å². The van der Waals surface area contributed by atoms with Gasteiger partial charge in [0.1, 0.15) is 16.6 Å². The highest BCUT2D eigenvalue weighted by molar-refractivity contribution is 7.11. The highest BCUT2D eigenvalue weighted by atomic mass is 32.1. The maximum atomic E-state index is 11.7. The SMILES string of the molecule is CCOC(=O)c1ccc(NC=C(C#N)c2nc(-c3cccc([N+](=O)[O-])c3)cs2)cc1. The molecule has 1 aromatic heterocycles. The summed E-state index contributed by atoms with van der Waals surface area (Å²) in [6.45, 7) is 2.05. The van der Waals surface area contributed by atoms with E-state index in [4.69, 9.17) is 4.74 Å². The minimum atomic E-state index is -0.464. The van der Waals surface area contributed by atoms with E-state index in [0.29, 0.717) is 39.7 Å². The summed E-state index contributed by atoms with van der Waals surface area (Å²) >= 11 is 1.27. The number of carbonyl (C=O) groups excluding carboxylic acids is 1. The largest absolute Gasteiger partial charge is 0.462 e. The van der Waals surface area contributed by atoms with Crippen molar-refractivity contribution in [3.8, 4) is 17.3 Å². The molecule has 0 amide bonds. The molecule has 0 bridgehead atoms. The predicted molar refractivity (Wildman–Crippen MR) is 114 cm³/mol. The van der Waals surface area contributed by atoms with Crippen LogP contribution < -0.4 is 5.32 Å². The highest BCUT2D eigenvalue weighted by Gasteiger charge is 2.12. The molecule has 0 aliphatic heterocycles. The van der Waals surface area contributed by atoms with Crippen LogP contribution in [0.4, 0.5) is 11.4 Å². The third-order valence-corrected chi connectivity index (χ3v) is 4.86. The smallest absolute Gasteiger partial charge is 0.338 e. The van der Waals surface area contributed by atoms with Gasteiger partial charge in [0.25, 0.3) is 5.69 Å². The molecule has 0 atom stereocenters. The molecule has 0 aliphatic rings. The Balaban J connectivity index is 1.76. The lowest BCUT2D eigenvalue weighted by molar-refractivity contribution is -0.384. The van der Waals surface area contributed by atoms with Gasteiger partial charge in [0.05, 0.1) is 22.8 Å². The first-order valence-corrected chi connectivity index (χ1v) is 9.74. The number of anilines is 1. The molecule has 150 valence electrons. The summed E-state index contributed by atoms with van der Waals surface area (Å²) in [5.41, 5.74) is 2.57. The maximum absolute atomic E-state index is 11.7. The second kappa shape index (κ2) is 9.45. The molecular weight excluding hydrogens is 404 g/mol. The molecular formula is C21H16N4O4S. The van der Waals surface area contributed by atoms with Crippen molar-refractivity contribution in [2.24, 2.45) is 0 Å². The molecule has 1 heterocycles. The molecule has 0 saturated heterocycles. The van der Waals surface area contributed by atoms with Gasteiger partial charge in [0.15, 0.2) is 0 Å². The number of benzene rings is 2. The number of esters is 1. The predicted octanol–water partition coefficient (Wildman–Crippen LogP) is 4.87. The molecule has 1 N–H and O–H groups in total. The molecule has 2 aromatic carbocycles. The standard InChI is InChI=1S/C21H16N4O4S/c1-2-29-21(26)14-6-8-17(9-7-14)23-12-16(11-22)20-24-19(13-30-20)15-4-3-5-18(10-15)25(27)28/h3-10,12-13,23H,2H2,1H3. The molecule has 9 heteroatoms. The number of carbonyl (C=O) groups is 1. The number of hydrogen-bond donors (Lipinski definition) is 1. The van der Waals surface area contributed by atoms with Gasteiger partial charge >= 0.3 is 5.97 Å². The summed E-state index contributed by atoms with van der Waals surface area (Å²) in [7, 11) is 0. The van der Waals surface area contributed by atoms with Gasteiger partial charge in [-0.15, -0.1) is 11.3 Å². The Morgan fingerprint density at radius 1 is 1.33 bits per heavy atom. The average Bonchev–Trinajstić information content (AvgIpc) is 3.25. The Morgan fingerprint density at radius 2 is 2.10 bits per heavy atom. The van der Waals surface area contributed by atoms with E-state index in [2.05, 4.69) is 16.4 Å². The fourth-order valence-corrected chi connectivity index (χ4v) is 3.32. The second-order valence-corrected chi connectivity index (χ2v) is 6.82. The summed E-state index contributed by atoms with van der Waals surface area (Å²) in [6, 6.07) is 14.9. The molecule has 0 aliphatic carbocycles. The number of nitriles is 1. The minimum Gasteiger partial charge on any atom is -0.462 e. The lowest BCUT2D eigenvalue weighted by Gasteiger charge is -2.04. The topological polar surface area (TPSA) is 118 Å². The Morgan fingerprint density at radius 3 is 2.77 bits per heavy atom. The number of nitro groups is 1. The van der Waals surface area contributed by atoms with E-state index in [1.807, 2.05) is 0 Å². The van der Waals surface area contributed by atoms with Crippen LogP contribution in [0.5, 0.6) is 0 Å². The third-order valence-electron chi connectivity index (χ3n) is 3.99. The third kappa shape index (κ3) is 4.87. The fraction of sp³-hybridized carbons (Fsp3) is 0.0952. The number of non-ortho nitro benzene ring substituents is 1. The average molecular weight is 420 g/mol. The van der Waals surface area contributed by atoms with Gasteiger partial charge in [-0.25, -0.2) is 9.78 Å². The Kier molecular flexibility index (Phi) is 6.52. The van der Waals surface area contributed by atoms with Crippen molar-refractivity contribution < 1.29 is 14.5 Å². The van der Waals surface area contributed by atoms with E-state index in [0.717, 1.165) is 0 Å². The van der Waals surface area contributed by atoms with E-state index >= 15 is 0 Å². The van der Waals surface area contributed by atoms with Crippen molar-refractivity contribution >= 4 is 34.3 Å². The number of hydrogen-bond acceptors (Lipinski definition) is 8. The Labute approximate surface area is 176 Å². The number of rotatable bonds is 7. The van der Waals surface area contributed by atoms with Crippen molar-refractivity contribution in [2.75, 3.05) is 11.9 Å². The number of thiazole rings is 1. The Bertz CT molecular complexity index is 1150. The summed E-state index contributed by atoms with van der Waals surface area (Å²) < 4.78 is 4.94. The van der Waals surface area contributed by atoms with Crippen molar-refractivity contribution in [1.29, 1.82) is 5.26 Å². The lowest BCUT2D eigenvalue weighted by atomic mass is 10.1. The quantitative estimate of drug-likeness (QED) is 0.251. The van der Waals surface area contributed by atoms with Crippen LogP contribution in [0.3, 0.4) is 0 Å². The van der Waals surface area contributed by atoms with Crippen molar-refractivity contribution in [1.82, 2.24) is 4.98 Å². The van der Waals surface area contributed by atoms with Crippen LogP contribution in [-0.2, 0) is 4.74 Å². The van der Waals surface area contributed by atoms with Gasteiger partial charge in [-0.3, -0.25) is 10.1 Å². The number of nitrogens with one attached hydrogen (secondary N) is 1. The van der Waals surface area contributed by atoms with E-state index in [1.54, 1.807) is 48.7 Å². The van der Waals surface area contributed by atoms with Crippen LogP contribution in [0, 0.1) is 21.4 Å². The monoisotopic (exact) mass is 420 g/mol. The zero-order valence-corrected chi connectivity index (χ0v) is 16.7. The van der Waals surface area contributed by atoms with Crippen LogP contribution in [0.25, 0.3) is 16.8 Å². The van der Waals surface area contributed by atoms with E-state index in [-0.39, 0.29) is 5.69 Å². The molecule has 3 aromatic rings. The molecule has 30 heavy (non-hydrogen) atoms. The van der Waals surface area contributed by atoms with Gasteiger partial charge < -0.3 is 10.1 Å². The van der Waals surface area contributed by atoms with Gasteiger partial charge in [0.2, 0.25) is 0 Å². The molecule has 0 spiro atoms. The summed E-state index contributed by atoms with van der Waals surface area (Å²) in [4.78, 5) is 26.6. The molecule has 0 saturated carbocycles. The molecule has 0 fully saturated rings. The van der Waals surface area contributed by atoms with Gasteiger partial charge in [-0.05, 0) is 31.2 Å². The first-order chi connectivity index (χ1) is 14.5. The van der Waals surface area contributed by atoms with Crippen molar-refractivity contribution in [3.63, 3.8) is 0 Å². The lowest BCUT2D eigenvalue weighted by Crippen LogP contribution is -2.04. The highest BCUT2D eigenvalue weighted by Crippen LogP contribution is 2.28. The Hall–Kier alpha value is -4.03. The van der Waals surface area contributed by atoms with Gasteiger partial charge in [-0.2, -0.15) is 5.26 Å². The summed E-state index contributed by atoms with van der Waals surface area (Å²) in [5.74, 6) is -0.395. The molecule has 8 nitrogen and oxygen atoms in total. The van der Waals surface area contributed by atoms with Crippen molar-refractivity contribution in [3.05, 3.63) is 80.8 Å². The number of nitro benzene ring substituents is 1. The molecule has 0 radical (unpaired) electrons. The van der Waals surface area contributed by atoms with Gasteiger partial charge in [0, 0.05) is 35.0 Å². The van der Waals surface area contributed by atoms with Crippen LogP contribution in [0.1, 0.15) is 22.3 Å². The molecule has 0 unspecified atom stereocenters. The van der Waals surface area contributed by atoms with Gasteiger partial charge in [-0.1, -0.05) is 12.1 Å². The second-order valence-electron chi connectivity index (χ2n) is 5.96. The van der Waals surface area contributed by atoms with Crippen molar-refractivity contribution in [2.45, 2.75) is 6.92 Å². The minimum absolute atomic E-state index is 0.0222.